The van der Waals surface area contributed by atoms with Crippen molar-refractivity contribution in [2.45, 2.75) is 25.9 Å². The first kappa shape index (κ1) is 12.3. The lowest BCUT2D eigenvalue weighted by Crippen LogP contribution is -2.40. The first-order valence-electron chi connectivity index (χ1n) is 6.27. The molecule has 1 saturated heterocycles. The van der Waals surface area contributed by atoms with Gasteiger partial charge in [-0.2, -0.15) is 0 Å². The van der Waals surface area contributed by atoms with Gasteiger partial charge in [0, 0.05) is 49.6 Å². The number of ether oxygens (including phenoxy) is 1. The van der Waals surface area contributed by atoms with Crippen LogP contribution in [0.4, 0.5) is 0 Å². The summed E-state index contributed by atoms with van der Waals surface area (Å²) in [5, 5.41) is 3.51. The summed E-state index contributed by atoms with van der Waals surface area (Å²) < 4.78 is 7.50. The second-order valence-electron chi connectivity index (χ2n) is 4.52. The van der Waals surface area contributed by atoms with Crippen LogP contribution in [0.15, 0.2) is 29.3 Å². The third-order valence-electron chi connectivity index (χ3n) is 3.27. The molecule has 1 aromatic heterocycles. The normalized spacial score (nSPS) is 21.6. The number of likely N-dealkylation sites (N-methyl/N-ethyl adjacent to an activating group) is 1. The Hall–Kier alpha value is -1.13. The number of hydrogen-bond acceptors (Lipinski definition) is 3. The fraction of sp³-hybridized carbons (Fsp3) is 0.615. The molecule has 1 aliphatic rings. The van der Waals surface area contributed by atoms with Crippen LogP contribution in [-0.4, -0.2) is 30.4 Å². The van der Waals surface area contributed by atoms with Crippen molar-refractivity contribution < 1.29 is 4.74 Å². The monoisotopic (exact) mass is 236 g/mol. The van der Waals surface area contributed by atoms with Crippen molar-refractivity contribution in [3.05, 3.63) is 34.7 Å². The van der Waals surface area contributed by atoms with Crippen molar-refractivity contribution in [1.82, 2.24) is 9.88 Å². The molecule has 1 N–H and O–H groups in total. The molecular weight excluding hydrogens is 216 g/mol. The van der Waals surface area contributed by atoms with Crippen LogP contribution in [0.5, 0.6) is 0 Å². The Morgan fingerprint density at radius 1 is 1.53 bits per heavy atom. The van der Waals surface area contributed by atoms with Crippen LogP contribution in [-0.2, 0) is 11.3 Å². The molecule has 1 aliphatic heterocycles. The molecule has 1 aromatic rings. The van der Waals surface area contributed by atoms with Gasteiger partial charge < -0.3 is 14.6 Å². The van der Waals surface area contributed by atoms with Gasteiger partial charge in [-0.1, -0.05) is 6.92 Å². The molecule has 4 nitrogen and oxygen atoms in total. The van der Waals surface area contributed by atoms with E-state index in [0.717, 1.165) is 32.7 Å². The zero-order valence-electron chi connectivity index (χ0n) is 10.3. The number of nitrogens with zero attached hydrogens (tertiary/aromatic N) is 1. The zero-order valence-corrected chi connectivity index (χ0v) is 10.3. The Morgan fingerprint density at radius 2 is 2.29 bits per heavy atom. The van der Waals surface area contributed by atoms with E-state index in [1.54, 1.807) is 12.1 Å². The summed E-state index contributed by atoms with van der Waals surface area (Å²) in [6, 6.07) is 3.63. The number of pyridine rings is 1. The zero-order chi connectivity index (χ0) is 12.1. The highest BCUT2D eigenvalue weighted by Gasteiger charge is 2.24. The summed E-state index contributed by atoms with van der Waals surface area (Å²) >= 11 is 0. The standard InChI is InChI=1S/C13H20N2O2/c1-2-14-13(11-5-8-17-10-11)9-15-6-3-12(16)4-7-15/h3-4,6-7,11,13-14H,2,5,8-10H2,1H3. The number of rotatable bonds is 5. The number of hydrogen-bond donors (Lipinski definition) is 1. The molecule has 0 spiro atoms. The van der Waals surface area contributed by atoms with E-state index in [-0.39, 0.29) is 5.43 Å². The van der Waals surface area contributed by atoms with Crippen molar-refractivity contribution >= 4 is 0 Å². The highest BCUT2D eigenvalue weighted by Crippen LogP contribution is 2.17. The van der Waals surface area contributed by atoms with Gasteiger partial charge in [-0.25, -0.2) is 0 Å². The van der Waals surface area contributed by atoms with Crippen molar-refractivity contribution in [3.63, 3.8) is 0 Å². The van der Waals surface area contributed by atoms with E-state index in [0.29, 0.717) is 12.0 Å². The fourth-order valence-corrected chi connectivity index (χ4v) is 2.31. The second kappa shape index (κ2) is 5.98. The van der Waals surface area contributed by atoms with E-state index in [2.05, 4.69) is 16.8 Å². The van der Waals surface area contributed by atoms with Gasteiger partial charge >= 0.3 is 0 Å². The van der Waals surface area contributed by atoms with Crippen molar-refractivity contribution in [1.29, 1.82) is 0 Å². The minimum Gasteiger partial charge on any atom is -0.381 e. The minimum atomic E-state index is 0.0606. The molecule has 2 heterocycles. The van der Waals surface area contributed by atoms with Crippen molar-refractivity contribution in [2.75, 3.05) is 19.8 Å². The first-order chi connectivity index (χ1) is 8.29. The molecule has 0 aromatic carbocycles. The number of aromatic nitrogens is 1. The maximum Gasteiger partial charge on any atom is 0.181 e. The lowest BCUT2D eigenvalue weighted by Gasteiger charge is -2.24. The summed E-state index contributed by atoms with van der Waals surface area (Å²) in [7, 11) is 0. The van der Waals surface area contributed by atoms with Crippen LogP contribution in [0, 0.1) is 5.92 Å². The molecule has 94 valence electrons. The van der Waals surface area contributed by atoms with Crippen LogP contribution in [0.25, 0.3) is 0 Å². The van der Waals surface area contributed by atoms with E-state index in [1.165, 1.54) is 0 Å². The van der Waals surface area contributed by atoms with Crippen LogP contribution in [0.3, 0.4) is 0 Å². The molecule has 2 rings (SSSR count). The van der Waals surface area contributed by atoms with Crippen LogP contribution >= 0.6 is 0 Å². The third kappa shape index (κ3) is 3.41. The average molecular weight is 236 g/mol. The Bertz CT molecular complexity index is 376. The summed E-state index contributed by atoms with van der Waals surface area (Å²) in [6.07, 6.45) is 4.82. The Labute approximate surface area is 102 Å². The van der Waals surface area contributed by atoms with Gasteiger partial charge in [0.25, 0.3) is 0 Å². The average Bonchev–Trinajstić information content (AvgIpc) is 2.85. The molecule has 0 amide bonds. The van der Waals surface area contributed by atoms with Crippen molar-refractivity contribution in [3.8, 4) is 0 Å². The molecule has 2 unspecified atom stereocenters. The molecule has 0 bridgehead atoms. The molecule has 0 radical (unpaired) electrons. The molecule has 0 saturated carbocycles. The lowest BCUT2D eigenvalue weighted by molar-refractivity contribution is 0.174. The van der Waals surface area contributed by atoms with Gasteiger partial charge in [0.1, 0.15) is 0 Å². The molecule has 17 heavy (non-hydrogen) atoms. The molecule has 4 heteroatoms. The lowest BCUT2D eigenvalue weighted by atomic mass is 9.99. The van der Waals surface area contributed by atoms with Crippen molar-refractivity contribution in [2.24, 2.45) is 5.92 Å². The van der Waals surface area contributed by atoms with E-state index < -0.39 is 0 Å². The Morgan fingerprint density at radius 3 is 2.88 bits per heavy atom. The van der Waals surface area contributed by atoms with Gasteiger partial charge in [0.15, 0.2) is 5.43 Å². The molecule has 0 aliphatic carbocycles. The van der Waals surface area contributed by atoms with E-state index in [4.69, 9.17) is 4.74 Å². The predicted octanol–water partition coefficient (Wildman–Crippen LogP) is 0.863. The summed E-state index contributed by atoms with van der Waals surface area (Å²) in [4.78, 5) is 11.0. The number of nitrogens with one attached hydrogen (secondary N) is 1. The second-order valence-corrected chi connectivity index (χ2v) is 4.52. The van der Waals surface area contributed by atoms with E-state index in [1.807, 2.05) is 12.4 Å². The topological polar surface area (TPSA) is 43.3 Å². The maximum absolute atomic E-state index is 11.0. The van der Waals surface area contributed by atoms with Gasteiger partial charge in [0.05, 0.1) is 6.61 Å². The van der Waals surface area contributed by atoms with Gasteiger partial charge in [0.2, 0.25) is 0 Å². The largest absolute Gasteiger partial charge is 0.381 e. The van der Waals surface area contributed by atoms with Crippen LogP contribution in [0.2, 0.25) is 0 Å². The van der Waals surface area contributed by atoms with Gasteiger partial charge in [-0.15, -0.1) is 0 Å². The maximum atomic E-state index is 11.0. The SMILES string of the molecule is CCNC(Cn1ccc(=O)cc1)C1CCOC1. The summed E-state index contributed by atoms with van der Waals surface area (Å²) in [6.45, 7) is 5.69. The Balaban J connectivity index is 2.01. The fourth-order valence-electron chi connectivity index (χ4n) is 2.31. The predicted molar refractivity (Wildman–Crippen MR) is 67.1 cm³/mol. The smallest absolute Gasteiger partial charge is 0.181 e. The Kier molecular flexibility index (Phi) is 4.34. The van der Waals surface area contributed by atoms with Gasteiger partial charge in [-0.3, -0.25) is 4.79 Å². The van der Waals surface area contributed by atoms with Crippen LogP contribution in [0.1, 0.15) is 13.3 Å². The summed E-state index contributed by atoms with van der Waals surface area (Å²) in [5.41, 5.74) is 0.0606. The highest BCUT2D eigenvalue weighted by molar-refractivity contribution is 4.94. The highest BCUT2D eigenvalue weighted by atomic mass is 16.5. The minimum absolute atomic E-state index is 0.0606. The molecule has 2 atom stereocenters. The van der Waals surface area contributed by atoms with E-state index in [9.17, 15) is 4.79 Å². The quantitative estimate of drug-likeness (QED) is 0.824. The first-order valence-corrected chi connectivity index (χ1v) is 6.27. The van der Waals surface area contributed by atoms with Crippen LogP contribution < -0.4 is 10.7 Å². The summed E-state index contributed by atoms with van der Waals surface area (Å²) in [5.74, 6) is 0.578. The molecule has 1 fully saturated rings. The van der Waals surface area contributed by atoms with E-state index >= 15 is 0 Å². The molecular formula is C13H20N2O2. The third-order valence-corrected chi connectivity index (χ3v) is 3.27. The van der Waals surface area contributed by atoms with Gasteiger partial charge in [-0.05, 0) is 13.0 Å².